The summed E-state index contributed by atoms with van der Waals surface area (Å²) in [5.41, 5.74) is 4.87. The molecule has 6 heteroatoms. The van der Waals surface area contributed by atoms with E-state index in [0.29, 0.717) is 10.2 Å². The maximum atomic E-state index is 6.14. The molecule has 1 aromatic carbocycles. The third kappa shape index (κ3) is 2.51. The van der Waals surface area contributed by atoms with Gasteiger partial charge in [0.15, 0.2) is 10.3 Å². The van der Waals surface area contributed by atoms with Gasteiger partial charge in [-0.05, 0) is 50.2 Å². The second kappa shape index (κ2) is 5.07. The van der Waals surface area contributed by atoms with E-state index < -0.39 is 0 Å². The molecular formula is C14H13ClN4S. The quantitative estimate of drug-likeness (QED) is 0.775. The van der Waals surface area contributed by atoms with Gasteiger partial charge in [0.25, 0.3) is 0 Å². The van der Waals surface area contributed by atoms with Crippen LogP contribution in [0.1, 0.15) is 17.0 Å². The van der Waals surface area contributed by atoms with Crippen LogP contribution in [0.4, 0.5) is 0 Å². The van der Waals surface area contributed by atoms with Gasteiger partial charge >= 0.3 is 0 Å². The van der Waals surface area contributed by atoms with Crippen LogP contribution in [-0.2, 0) is 0 Å². The van der Waals surface area contributed by atoms with Crippen LogP contribution in [0.25, 0.3) is 11.0 Å². The van der Waals surface area contributed by atoms with Gasteiger partial charge in [-0.3, -0.25) is 0 Å². The van der Waals surface area contributed by atoms with Gasteiger partial charge in [0.2, 0.25) is 0 Å². The largest absolute Gasteiger partial charge is 0.333 e. The third-order valence-corrected chi connectivity index (χ3v) is 4.28. The van der Waals surface area contributed by atoms with Crippen molar-refractivity contribution < 1.29 is 0 Å². The van der Waals surface area contributed by atoms with E-state index in [1.54, 1.807) is 0 Å². The Morgan fingerprint density at radius 2 is 1.80 bits per heavy atom. The lowest BCUT2D eigenvalue weighted by molar-refractivity contribution is 0.950. The number of benzene rings is 1. The van der Waals surface area contributed by atoms with Crippen molar-refractivity contribution >= 4 is 34.4 Å². The zero-order valence-electron chi connectivity index (χ0n) is 11.4. The molecule has 2 aromatic heterocycles. The molecule has 1 N–H and O–H groups in total. The van der Waals surface area contributed by atoms with Crippen molar-refractivity contribution in [2.45, 2.75) is 31.0 Å². The Balaban J connectivity index is 1.99. The van der Waals surface area contributed by atoms with E-state index >= 15 is 0 Å². The van der Waals surface area contributed by atoms with E-state index in [9.17, 15) is 0 Å². The van der Waals surface area contributed by atoms with Gasteiger partial charge in [-0.1, -0.05) is 17.7 Å². The molecule has 3 aromatic rings. The highest BCUT2D eigenvalue weighted by molar-refractivity contribution is 7.99. The monoisotopic (exact) mass is 304 g/mol. The highest BCUT2D eigenvalue weighted by Gasteiger charge is 2.11. The molecule has 0 fully saturated rings. The summed E-state index contributed by atoms with van der Waals surface area (Å²) in [6, 6.07) is 6.11. The summed E-state index contributed by atoms with van der Waals surface area (Å²) in [5.74, 6) is 0. The average molecular weight is 305 g/mol. The van der Waals surface area contributed by atoms with Crippen LogP contribution >= 0.6 is 23.4 Å². The number of nitrogens with zero attached hydrogens (tertiary/aromatic N) is 3. The molecule has 0 aliphatic carbocycles. The topological polar surface area (TPSA) is 54.5 Å². The normalized spacial score (nSPS) is 11.2. The van der Waals surface area contributed by atoms with Crippen LogP contribution in [0.5, 0.6) is 0 Å². The van der Waals surface area contributed by atoms with E-state index in [-0.39, 0.29) is 0 Å². The number of H-pyrrole nitrogens is 1. The lowest BCUT2D eigenvalue weighted by atomic mass is 10.2. The predicted molar refractivity (Wildman–Crippen MR) is 81.5 cm³/mol. The minimum atomic E-state index is 0.412. The Labute approximate surface area is 126 Å². The van der Waals surface area contributed by atoms with Crippen molar-refractivity contribution in [3.05, 3.63) is 40.3 Å². The van der Waals surface area contributed by atoms with Crippen molar-refractivity contribution in [3.63, 3.8) is 0 Å². The van der Waals surface area contributed by atoms with E-state index in [1.807, 2.05) is 26.0 Å². The Bertz CT molecular complexity index is 797. The number of hydrogen-bond donors (Lipinski definition) is 1. The molecule has 0 bridgehead atoms. The van der Waals surface area contributed by atoms with E-state index in [4.69, 9.17) is 11.6 Å². The first kappa shape index (κ1) is 13.4. The fourth-order valence-electron chi connectivity index (χ4n) is 1.86. The van der Waals surface area contributed by atoms with Gasteiger partial charge in [-0.2, -0.15) is 0 Å². The summed E-state index contributed by atoms with van der Waals surface area (Å²) in [6.07, 6.45) is 0. The van der Waals surface area contributed by atoms with Gasteiger partial charge in [-0.15, -0.1) is 0 Å². The fourth-order valence-corrected chi connectivity index (χ4v) is 2.95. The van der Waals surface area contributed by atoms with E-state index in [1.165, 1.54) is 17.3 Å². The van der Waals surface area contributed by atoms with Crippen LogP contribution in [0.3, 0.4) is 0 Å². The molecule has 0 aliphatic rings. The number of nitrogens with one attached hydrogen (secondary N) is 1. The first-order valence-electron chi connectivity index (χ1n) is 6.18. The average Bonchev–Trinajstić information content (AvgIpc) is 2.77. The molecule has 0 saturated carbocycles. The standard InChI is InChI=1S/C14H13ClN4S/c1-7-4-5-10-11(6-7)19-14(18-10)20-13-12(15)16-8(2)9(3)17-13/h4-6H,1-3H3,(H,18,19). The van der Waals surface area contributed by atoms with Crippen LogP contribution < -0.4 is 0 Å². The summed E-state index contributed by atoms with van der Waals surface area (Å²) < 4.78 is 0. The number of imidazole rings is 1. The minimum Gasteiger partial charge on any atom is -0.333 e. The van der Waals surface area contributed by atoms with Gasteiger partial charge in [0.05, 0.1) is 22.4 Å². The maximum Gasteiger partial charge on any atom is 0.172 e. The Morgan fingerprint density at radius 3 is 2.60 bits per heavy atom. The van der Waals surface area contributed by atoms with Crippen LogP contribution in [0.15, 0.2) is 28.4 Å². The van der Waals surface area contributed by atoms with Gasteiger partial charge in [0, 0.05) is 0 Å². The number of aromatic amines is 1. The smallest absolute Gasteiger partial charge is 0.172 e. The summed E-state index contributed by atoms with van der Waals surface area (Å²) in [7, 11) is 0. The van der Waals surface area contributed by atoms with Crippen molar-refractivity contribution in [3.8, 4) is 0 Å². The summed E-state index contributed by atoms with van der Waals surface area (Å²) in [4.78, 5) is 16.5. The fraction of sp³-hybridized carbons (Fsp3) is 0.214. The van der Waals surface area contributed by atoms with E-state index in [0.717, 1.165) is 27.6 Å². The van der Waals surface area contributed by atoms with Gasteiger partial charge in [-0.25, -0.2) is 15.0 Å². The minimum absolute atomic E-state index is 0.412. The molecule has 0 aliphatic heterocycles. The molecule has 2 heterocycles. The molecule has 102 valence electrons. The predicted octanol–water partition coefficient (Wildman–Crippen LogP) is 4.08. The number of aryl methyl sites for hydroxylation is 3. The number of fused-ring (bicyclic) bond motifs is 1. The highest BCUT2D eigenvalue weighted by atomic mass is 35.5. The van der Waals surface area contributed by atoms with Gasteiger partial charge < -0.3 is 4.98 Å². The first-order valence-corrected chi connectivity index (χ1v) is 7.37. The van der Waals surface area contributed by atoms with Crippen molar-refractivity contribution in [1.29, 1.82) is 0 Å². The second-order valence-corrected chi connectivity index (χ2v) is 5.99. The maximum absolute atomic E-state index is 6.14. The summed E-state index contributed by atoms with van der Waals surface area (Å²) in [5, 5.41) is 1.85. The van der Waals surface area contributed by atoms with Crippen molar-refractivity contribution in [1.82, 2.24) is 19.9 Å². The number of halogens is 1. The highest BCUT2D eigenvalue weighted by Crippen LogP contribution is 2.30. The SMILES string of the molecule is Cc1ccc2nc(Sc3nc(C)c(C)nc3Cl)[nH]c2c1. The molecule has 0 amide bonds. The van der Waals surface area contributed by atoms with E-state index in [2.05, 4.69) is 32.9 Å². The molecule has 20 heavy (non-hydrogen) atoms. The third-order valence-electron chi connectivity index (χ3n) is 3.04. The summed E-state index contributed by atoms with van der Waals surface area (Å²) >= 11 is 7.54. The molecule has 0 radical (unpaired) electrons. The number of rotatable bonds is 2. The second-order valence-electron chi connectivity index (χ2n) is 4.66. The molecule has 0 unspecified atom stereocenters. The van der Waals surface area contributed by atoms with Crippen LogP contribution in [-0.4, -0.2) is 19.9 Å². The molecule has 0 spiro atoms. The van der Waals surface area contributed by atoms with Crippen LogP contribution in [0.2, 0.25) is 5.15 Å². The zero-order valence-corrected chi connectivity index (χ0v) is 12.9. The lowest BCUT2D eigenvalue weighted by Crippen LogP contribution is -1.95. The Morgan fingerprint density at radius 1 is 1.05 bits per heavy atom. The molecular weight excluding hydrogens is 292 g/mol. The number of aromatic nitrogens is 4. The first-order chi connectivity index (χ1) is 9.52. The molecule has 4 nitrogen and oxygen atoms in total. The van der Waals surface area contributed by atoms with Gasteiger partial charge in [0.1, 0.15) is 5.03 Å². The lowest BCUT2D eigenvalue weighted by Gasteiger charge is -2.03. The summed E-state index contributed by atoms with van der Waals surface area (Å²) in [6.45, 7) is 5.87. The Kier molecular flexibility index (Phi) is 3.40. The zero-order chi connectivity index (χ0) is 14.3. The number of hydrogen-bond acceptors (Lipinski definition) is 4. The molecule has 3 rings (SSSR count). The van der Waals surface area contributed by atoms with Crippen molar-refractivity contribution in [2.75, 3.05) is 0 Å². The van der Waals surface area contributed by atoms with Crippen LogP contribution in [0, 0.1) is 20.8 Å². The molecule has 0 atom stereocenters. The molecule has 0 saturated heterocycles. The van der Waals surface area contributed by atoms with Crippen molar-refractivity contribution in [2.24, 2.45) is 0 Å². The Hall–Kier alpha value is -1.59.